The van der Waals surface area contributed by atoms with Crippen molar-refractivity contribution >= 4 is 18.0 Å². The van der Waals surface area contributed by atoms with Crippen molar-refractivity contribution in [3.63, 3.8) is 0 Å². The predicted molar refractivity (Wildman–Crippen MR) is 77.6 cm³/mol. The molecule has 2 rings (SSSR count). The second-order valence-corrected chi connectivity index (χ2v) is 5.23. The fraction of sp³-hybridized carbons (Fsp3) is 0.375. The van der Waals surface area contributed by atoms with E-state index in [0.717, 1.165) is 36.6 Å². The Bertz CT molecular complexity index is 563. The van der Waals surface area contributed by atoms with E-state index in [1.807, 2.05) is 17.9 Å². The number of nitrogens with zero attached hydrogens (tertiary/aromatic N) is 1. The van der Waals surface area contributed by atoms with Gasteiger partial charge in [-0.15, -0.1) is 0 Å². The van der Waals surface area contributed by atoms with Crippen molar-refractivity contribution in [3.8, 4) is 0 Å². The summed E-state index contributed by atoms with van der Waals surface area (Å²) in [6.45, 7) is 4.76. The molecule has 0 spiro atoms. The Balaban J connectivity index is 2.26. The van der Waals surface area contributed by atoms with Crippen molar-refractivity contribution in [3.05, 3.63) is 41.0 Å². The lowest BCUT2D eigenvalue weighted by molar-refractivity contribution is -0.131. The average Bonchev–Trinajstić information content (AvgIpc) is 2.83. The molecule has 1 aromatic carbocycles. The Hall–Kier alpha value is -2.10. The maximum atomic E-state index is 12.4. The molecular weight excluding hydrogens is 254 g/mol. The van der Waals surface area contributed by atoms with E-state index in [1.54, 1.807) is 12.1 Å². The topological polar surface area (TPSA) is 57.6 Å². The van der Waals surface area contributed by atoms with Gasteiger partial charge in [-0.25, -0.2) is 4.79 Å². The minimum atomic E-state index is -0.991. The van der Waals surface area contributed by atoms with E-state index >= 15 is 0 Å². The van der Waals surface area contributed by atoms with Crippen LogP contribution in [0.1, 0.15) is 41.3 Å². The Morgan fingerprint density at radius 2 is 2.15 bits per heavy atom. The monoisotopic (exact) mass is 273 g/mol. The van der Waals surface area contributed by atoms with Gasteiger partial charge in [0.1, 0.15) is 0 Å². The van der Waals surface area contributed by atoms with E-state index in [4.69, 9.17) is 5.11 Å². The van der Waals surface area contributed by atoms with Crippen LogP contribution in [0.15, 0.2) is 24.3 Å². The van der Waals surface area contributed by atoms with Crippen LogP contribution in [0.25, 0.3) is 6.08 Å². The summed E-state index contributed by atoms with van der Waals surface area (Å²) in [7, 11) is 0. The van der Waals surface area contributed by atoms with Crippen LogP contribution in [0.3, 0.4) is 0 Å². The minimum absolute atomic E-state index is 0.0278. The smallest absolute Gasteiger partial charge is 0.328 e. The molecule has 1 aliphatic heterocycles. The molecule has 0 radical (unpaired) electrons. The predicted octanol–water partition coefficient (Wildman–Crippen LogP) is 2.72. The highest BCUT2D eigenvalue weighted by atomic mass is 16.4. The molecule has 0 saturated carbocycles. The molecule has 0 aromatic heterocycles. The summed E-state index contributed by atoms with van der Waals surface area (Å²) >= 11 is 0. The van der Waals surface area contributed by atoms with Crippen LogP contribution in [-0.4, -0.2) is 34.5 Å². The van der Waals surface area contributed by atoms with E-state index in [9.17, 15) is 9.59 Å². The van der Waals surface area contributed by atoms with Gasteiger partial charge in [0.05, 0.1) is 0 Å². The first-order chi connectivity index (χ1) is 9.49. The molecule has 1 saturated heterocycles. The Kier molecular flexibility index (Phi) is 4.23. The van der Waals surface area contributed by atoms with Gasteiger partial charge in [0.25, 0.3) is 5.91 Å². The number of aliphatic carboxylic acids is 1. The average molecular weight is 273 g/mol. The van der Waals surface area contributed by atoms with Crippen LogP contribution in [0.5, 0.6) is 0 Å². The van der Waals surface area contributed by atoms with Crippen LogP contribution in [0, 0.1) is 6.92 Å². The van der Waals surface area contributed by atoms with Crippen molar-refractivity contribution in [1.82, 2.24) is 4.90 Å². The molecule has 20 heavy (non-hydrogen) atoms. The molecule has 106 valence electrons. The molecule has 0 bridgehead atoms. The molecule has 1 unspecified atom stereocenters. The quantitative estimate of drug-likeness (QED) is 0.861. The first-order valence-corrected chi connectivity index (χ1v) is 6.81. The van der Waals surface area contributed by atoms with Crippen molar-refractivity contribution in [2.45, 2.75) is 32.7 Å². The third-order valence-electron chi connectivity index (χ3n) is 3.75. The highest BCUT2D eigenvalue weighted by molar-refractivity contribution is 5.95. The number of carboxylic acid groups (broad SMARTS) is 1. The van der Waals surface area contributed by atoms with Crippen LogP contribution < -0.4 is 0 Å². The van der Waals surface area contributed by atoms with Gasteiger partial charge < -0.3 is 10.0 Å². The lowest BCUT2D eigenvalue weighted by Crippen LogP contribution is -2.33. The first-order valence-electron chi connectivity index (χ1n) is 6.81. The fourth-order valence-corrected chi connectivity index (χ4v) is 2.51. The van der Waals surface area contributed by atoms with Gasteiger partial charge in [-0.2, -0.15) is 0 Å². The van der Waals surface area contributed by atoms with Crippen LogP contribution in [-0.2, 0) is 4.79 Å². The second-order valence-electron chi connectivity index (χ2n) is 5.23. The van der Waals surface area contributed by atoms with Crippen molar-refractivity contribution in [2.75, 3.05) is 6.54 Å². The van der Waals surface area contributed by atoms with E-state index in [-0.39, 0.29) is 11.9 Å². The largest absolute Gasteiger partial charge is 0.478 e. The van der Waals surface area contributed by atoms with Crippen molar-refractivity contribution < 1.29 is 14.7 Å². The van der Waals surface area contributed by atoms with Gasteiger partial charge in [0.2, 0.25) is 0 Å². The van der Waals surface area contributed by atoms with Crippen LogP contribution in [0.2, 0.25) is 0 Å². The van der Waals surface area contributed by atoms with Gasteiger partial charge in [0, 0.05) is 24.2 Å². The lowest BCUT2D eigenvalue weighted by Gasteiger charge is -2.21. The third kappa shape index (κ3) is 3.07. The fourth-order valence-electron chi connectivity index (χ4n) is 2.51. The highest BCUT2D eigenvalue weighted by Crippen LogP contribution is 2.21. The summed E-state index contributed by atoms with van der Waals surface area (Å²) in [5.74, 6) is -0.964. The van der Waals surface area contributed by atoms with Crippen LogP contribution in [0.4, 0.5) is 0 Å². The number of amides is 1. The summed E-state index contributed by atoms with van der Waals surface area (Å²) in [6.07, 6.45) is 4.71. The number of benzene rings is 1. The molecule has 1 aromatic rings. The lowest BCUT2D eigenvalue weighted by atomic mass is 10.0. The number of carboxylic acids is 1. The van der Waals surface area contributed by atoms with E-state index in [2.05, 4.69) is 6.92 Å². The van der Waals surface area contributed by atoms with Gasteiger partial charge in [0.15, 0.2) is 0 Å². The van der Waals surface area contributed by atoms with Gasteiger partial charge >= 0.3 is 5.97 Å². The molecule has 1 fully saturated rings. The molecule has 4 heteroatoms. The molecule has 1 aliphatic rings. The van der Waals surface area contributed by atoms with E-state index in [0.29, 0.717) is 5.56 Å². The second kappa shape index (κ2) is 5.90. The number of carbonyl (C=O) groups excluding carboxylic acids is 1. The molecule has 0 aliphatic carbocycles. The zero-order chi connectivity index (χ0) is 14.7. The van der Waals surface area contributed by atoms with Gasteiger partial charge in [-0.1, -0.05) is 6.07 Å². The number of hydrogen-bond acceptors (Lipinski definition) is 2. The molecule has 1 atom stereocenters. The Morgan fingerprint density at radius 1 is 1.40 bits per heavy atom. The zero-order valence-electron chi connectivity index (χ0n) is 11.8. The molecule has 1 amide bonds. The molecular formula is C16H19NO3. The number of rotatable bonds is 3. The Morgan fingerprint density at radius 3 is 2.75 bits per heavy atom. The van der Waals surface area contributed by atoms with Crippen molar-refractivity contribution in [1.29, 1.82) is 0 Å². The summed E-state index contributed by atoms with van der Waals surface area (Å²) < 4.78 is 0. The highest BCUT2D eigenvalue weighted by Gasteiger charge is 2.25. The summed E-state index contributed by atoms with van der Waals surface area (Å²) in [5, 5.41) is 8.69. The molecule has 4 nitrogen and oxygen atoms in total. The maximum Gasteiger partial charge on any atom is 0.328 e. The summed E-state index contributed by atoms with van der Waals surface area (Å²) in [5.41, 5.74) is 2.34. The number of carbonyl (C=O) groups is 2. The number of hydrogen-bond donors (Lipinski definition) is 1. The third-order valence-corrected chi connectivity index (χ3v) is 3.75. The van der Waals surface area contributed by atoms with E-state index < -0.39 is 5.97 Å². The standard InChI is InChI=1S/C16H19NO3/c1-11-5-6-14(10-13(11)7-8-15(18)19)16(20)17-9-3-4-12(17)2/h5-8,10,12H,3-4,9H2,1-2H3,(H,18,19)/b8-7+. The number of likely N-dealkylation sites (tertiary alicyclic amines) is 1. The SMILES string of the molecule is Cc1ccc(C(=O)N2CCCC2C)cc1/C=C/C(=O)O. The summed E-state index contributed by atoms with van der Waals surface area (Å²) in [4.78, 5) is 24.9. The van der Waals surface area contributed by atoms with E-state index in [1.165, 1.54) is 6.08 Å². The summed E-state index contributed by atoms with van der Waals surface area (Å²) in [6, 6.07) is 5.71. The first kappa shape index (κ1) is 14.3. The van der Waals surface area contributed by atoms with Crippen molar-refractivity contribution in [2.24, 2.45) is 0 Å². The molecule has 1 N–H and O–H groups in total. The van der Waals surface area contributed by atoms with Gasteiger partial charge in [-0.3, -0.25) is 4.79 Å². The molecule has 1 heterocycles. The Labute approximate surface area is 118 Å². The number of aryl methyl sites for hydroxylation is 1. The zero-order valence-corrected chi connectivity index (χ0v) is 11.8. The normalized spacial score (nSPS) is 18.7. The van der Waals surface area contributed by atoms with Gasteiger partial charge in [-0.05, 0) is 56.0 Å². The maximum absolute atomic E-state index is 12.4. The van der Waals surface area contributed by atoms with Crippen LogP contribution >= 0.6 is 0 Å². The minimum Gasteiger partial charge on any atom is -0.478 e.